The predicted octanol–water partition coefficient (Wildman–Crippen LogP) is 5.41. The van der Waals surface area contributed by atoms with Crippen LogP contribution in [0.25, 0.3) is 27.7 Å². The maximum atomic E-state index is 12.3. The molecule has 5 rings (SSSR count). The van der Waals surface area contributed by atoms with Crippen LogP contribution in [0.4, 0.5) is 5.69 Å². The lowest BCUT2D eigenvalue weighted by atomic mass is 10.0. The predicted molar refractivity (Wildman–Crippen MR) is 118 cm³/mol. The molecule has 0 bridgehead atoms. The van der Waals surface area contributed by atoms with Gasteiger partial charge in [-0.2, -0.15) is 5.26 Å². The van der Waals surface area contributed by atoms with Crippen LogP contribution in [0.1, 0.15) is 16.1 Å². The summed E-state index contributed by atoms with van der Waals surface area (Å²) in [7, 11) is 0. The van der Waals surface area contributed by atoms with Gasteiger partial charge in [-0.1, -0.05) is 12.1 Å². The van der Waals surface area contributed by atoms with Crippen molar-refractivity contribution in [1.82, 2.24) is 9.55 Å². The molecule has 1 amide bonds. The highest BCUT2D eigenvalue weighted by atomic mass is 16.3. The lowest BCUT2D eigenvalue weighted by Crippen LogP contribution is -2.12. The molecule has 6 nitrogen and oxygen atoms in total. The molecule has 0 saturated carbocycles. The number of anilines is 1. The Bertz CT molecular complexity index is 1410. The van der Waals surface area contributed by atoms with E-state index in [1.165, 1.54) is 6.20 Å². The van der Waals surface area contributed by atoms with Crippen molar-refractivity contribution >= 4 is 22.5 Å². The minimum Gasteiger partial charge on any atom is -0.472 e. The van der Waals surface area contributed by atoms with Gasteiger partial charge in [0.25, 0.3) is 5.91 Å². The first-order valence-corrected chi connectivity index (χ1v) is 9.63. The van der Waals surface area contributed by atoms with E-state index in [4.69, 9.17) is 4.42 Å². The Kier molecular flexibility index (Phi) is 4.54. The summed E-state index contributed by atoms with van der Waals surface area (Å²) in [5, 5.41) is 13.6. The molecule has 0 aliphatic carbocycles. The van der Waals surface area contributed by atoms with Crippen LogP contribution >= 0.6 is 0 Å². The van der Waals surface area contributed by atoms with Crippen LogP contribution in [-0.4, -0.2) is 15.5 Å². The van der Waals surface area contributed by atoms with E-state index in [-0.39, 0.29) is 5.91 Å². The molecule has 0 aliphatic rings. The van der Waals surface area contributed by atoms with E-state index in [0.717, 1.165) is 27.7 Å². The van der Waals surface area contributed by atoms with Crippen molar-refractivity contribution in [3.05, 3.63) is 103 Å². The summed E-state index contributed by atoms with van der Waals surface area (Å²) in [5.74, 6) is -0.227. The van der Waals surface area contributed by atoms with Crippen molar-refractivity contribution in [3.8, 4) is 22.9 Å². The Hall–Kier alpha value is -4.63. The Labute approximate surface area is 178 Å². The summed E-state index contributed by atoms with van der Waals surface area (Å²) in [6.45, 7) is 0. The average molecular weight is 404 g/mol. The van der Waals surface area contributed by atoms with Gasteiger partial charge in [0.05, 0.1) is 23.6 Å². The first kappa shape index (κ1) is 18.4. The smallest absolute Gasteiger partial charge is 0.257 e. The van der Waals surface area contributed by atoms with Crippen LogP contribution in [-0.2, 0) is 0 Å². The van der Waals surface area contributed by atoms with Crippen LogP contribution in [0, 0.1) is 11.3 Å². The van der Waals surface area contributed by atoms with E-state index in [2.05, 4.69) is 16.4 Å². The third kappa shape index (κ3) is 3.34. The molecule has 5 aromatic rings. The van der Waals surface area contributed by atoms with Crippen molar-refractivity contribution < 1.29 is 9.21 Å². The number of furan rings is 1. The summed E-state index contributed by atoms with van der Waals surface area (Å²) in [6, 6.07) is 22.8. The minimum absolute atomic E-state index is 0.227. The second kappa shape index (κ2) is 7.65. The molecule has 0 spiro atoms. The van der Waals surface area contributed by atoms with Gasteiger partial charge in [0.2, 0.25) is 0 Å². The molecule has 0 aliphatic heterocycles. The molecule has 1 N–H and O–H groups in total. The topological polar surface area (TPSA) is 83.9 Å². The molecule has 0 unspecified atom stereocenters. The van der Waals surface area contributed by atoms with Crippen molar-refractivity contribution in [2.45, 2.75) is 0 Å². The maximum absolute atomic E-state index is 12.3. The van der Waals surface area contributed by atoms with E-state index >= 15 is 0 Å². The zero-order chi connectivity index (χ0) is 21.2. The van der Waals surface area contributed by atoms with E-state index in [1.807, 2.05) is 59.2 Å². The number of aromatic nitrogens is 2. The lowest BCUT2D eigenvalue weighted by Gasteiger charge is -2.10. The fourth-order valence-electron chi connectivity index (χ4n) is 3.65. The molecule has 6 heteroatoms. The Balaban J connectivity index is 1.52. The number of pyridine rings is 1. The molecule has 148 valence electrons. The van der Waals surface area contributed by atoms with Crippen LogP contribution in [0.3, 0.4) is 0 Å². The zero-order valence-electron chi connectivity index (χ0n) is 16.3. The standard InChI is InChI=1S/C25H16N4O2/c26-14-21-13-23-22(18-10-12-31-16-18)4-1-5-24(23)29(21)20-8-6-19(7-9-20)28-25(30)17-3-2-11-27-15-17/h1-13,15-16H,(H,28,30). The van der Waals surface area contributed by atoms with Crippen LogP contribution < -0.4 is 5.32 Å². The van der Waals surface area contributed by atoms with E-state index in [1.54, 1.807) is 30.9 Å². The highest BCUT2D eigenvalue weighted by Gasteiger charge is 2.15. The van der Waals surface area contributed by atoms with Crippen molar-refractivity contribution in [2.24, 2.45) is 0 Å². The fourth-order valence-corrected chi connectivity index (χ4v) is 3.65. The molecule has 0 fully saturated rings. The van der Waals surface area contributed by atoms with Gasteiger partial charge in [0.1, 0.15) is 11.8 Å². The molecule has 3 heterocycles. The third-order valence-corrected chi connectivity index (χ3v) is 5.10. The maximum Gasteiger partial charge on any atom is 0.257 e. The van der Waals surface area contributed by atoms with Gasteiger partial charge in [-0.25, -0.2) is 0 Å². The Morgan fingerprint density at radius 3 is 2.65 bits per heavy atom. The number of nitrogens with one attached hydrogen (secondary N) is 1. The number of benzene rings is 2. The van der Waals surface area contributed by atoms with Crippen LogP contribution in [0.2, 0.25) is 0 Å². The van der Waals surface area contributed by atoms with Gasteiger partial charge < -0.3 is 14.3 Å². The van der Waals surface area contributed by atoms with E-state index in [9.17, 15) is 10.1 Å². The summed E-state index contributed by atoms with van der Waals surface area (Å²) in [5.41, 5.74) is 5.38. The molecular formula is C25H16N4O2. The molecule has 0 atom stereocenters. The number of nitriles is 1. The van der Waals surface area contributed by atoms with Gasteiger partial charge >= 0.3 is 0 Å². The molecule has 31 heavy (non-hydrogen) atoms. The van der Waals surface area contributed by atoms with Gasteiger partial charge in [-0.05, 0) is 60.2 Å². The van der Waals surface area contributed by atoms with Gasteiger partial charge in [0, 0.05) is 34.7 Å². The number of nitrogens with zero attached hydrogens (tertiary/aromatic N) is 3. The Morgan fingerprint density at radius 2 is 1.94 bits per heavy atom. The highest BCUT2D eigenvalue weighted by molar-refractivity contribution is 6.04. The van der Waals surface area contributed by atoms with Gasteiger partial charge in [-0.15, -0.1) is 0 Å². The summed E-state index contributed by atoms with van der Waals surface area (Å²) < 4.78 is 7.14. The number of rotatable bonds is 4. The number of amides is 1. The molecule has 0 radical (unpaired) electrons. The van der Waals surface area contributed by atoms with Crippen molar-refractivity contribution in [2.75, 3.05) is 5.32 Å². The summed E-state index contributed by atoms with van der Waals surface area (Å²) in [6.07, 6.45) is 6.47. The number of carbonyl (C=O) groups is 1. The molecule has 0 saturated heterocycles. The molecule has 2 aromatic carbocycles. The van der Waals surface area contributed by atoms with E-state index in [0.29, 0.717) is 16.9 Å². The Morgan fingerprint density at radius 1 is 1.06 bits per heavy atom. The number of hydrogen-bond donors (Lipinski definition) is 1. The average Bonchev–Trinajstić information content (AvgIpc) is 3.48. The van der Waals surface area contributed by atoms with Crippen LogP contribution in [0.15, 0.2) is 96.1 Å². The van der Waals surface area contributed by atoms with Crippen molar-refractivity contribution in [3.63, 3.8) is 0 Å². The monoisotopic (exact) mass is 404 g/mol. The van der Waals surface area contributed by atoms with Crippen LogP contribution in [0.5, 0.6) is 0 Å². The summed E-state index contributed by atoms with van der Waals surface area (Å²) >= 11 is 0. The second-order valence-corrected chi connectivity index (χ2v) is 6.97. The number of carbonyl (C=O) groups excluding carboxylic acids is 1. The lowest BCUT2D eigenvalue weighted by molar-refractivity contribution is 0.102. The van der Waals surface area contributed by atoms with Gasteiger partial charge in [-0.3, -0.25) is 9.78 Å². The first-order valence-electron chi connectivity index (χ1n) is 9.63. The second-order valence-electron chi connectivity index (χ2n) is 6.97. The highest BCUT2D eigenvalue weighted by Crippen LogP contribution is 2.33. The minimum atomic E-state index is -0.227. The number of fused-ring (bicyclic) bond motifs is 1. The largest absolute Gasteiger partial charge is 0.472 e. The number of hydrogen-bond acceptors (Lipinski definition) is 4. The molecule has 3 aromatic heterocycles. The first-order chi connectivity index (χ1) is 15.2. The fraction of sp³-hybridized carbons (Fsp3) is 0. The van der Waals surface area contributed by atoms with Gasteiger partial charge in [0.15, 0.2) is 0 Å². The SMILES string of the molecule is N#Cc1cc2c(-c3ccoc3)cccc2n1-c1ccc(NC(=O)c2cccnc2)cc1. The zero-order valence-corrected chi connectivity index (χ0v) is 16.3. The third-order valence-electron chi connectivity index (χ3n) is 5.10. The van der Waals surface area contributed by atoms with Crippen molar-refractivity contribution in [1.29, 1.82) is 5.26 Å². The summed E-state index contributed by atoms with van der Waals surface area (Å²) in [4.78, 5) is 16.3. The van der Waals surface area contributed by atoms with E-state index < -0.39 is 0 Å². The quantitative estimate of drug-likeness (QED) is 0.434. The molecular weight excluding hydrogens is 388 g/mol. The normalized spacial score (nSPS) is 10.7.